The number of hydrogen-bond donors (Lipinski definition) is 1. The van der Waals surface area contributed by atoms with Gasteiger partial charge in [0.1, 0.15) is 18.5 Å². The van der Waals surface area contributed by atoms with Crippen molar-refractivity contribution < 1.29 is 9.47 Å². The van der Waals surface area contributed by atoms with Crippen molar-refractivity contribution in [3.63, 3.8) is 0 Å². The zero-order chi connectivity index (χ0) is 13.2. The second-order valence-electron chi connectivity index (χ2n) is 4.06. The molecule has 18 heavy (non-hydrogen) atoms. The summed E-state index contributed by atoms with van der Waals surface area (Å²) < 4.78 is 10.8. The van der Waals surface area contributed by atoms with E-state index in [1.807, 2.05) is 37.3 Å². The minimum absolute atomic E-state index is 0.338. The van der Waals surface area contributed by atoms with E-state index in [0.717, 1.165) is 18.8 Å². The van der Waals surface area contributed by atoms with Crippen LogP contribution in [0.1, 0.15) is 12.5 Å². The maximum absolute atomic E-state index is 8.51. The molecule has 1 aromatic rings. The Hall–Kier alpha value is -1.57. The number of hydrogen-bond acceptors (Lipinski definition) is 4. The van der Waals surface area contributed by atoms with Crippen LogP contribution in [0.2, 0.25) is 0 Å². The molecule has 0 bridgehead atoms. The summed E-state index contributed by atoms with van der Waals surface area (Å²) in [7, 11) is 0. The number of ether oxygens (including phenoxy) is 2. The molecule has 0 saturated heterocycles. The van der Waals surface area contributed by atoms with Crippen molar-refractivity contribution >= 4 is 0 Å². The average Bonchev–Trinajstić information content (AvgIpc) is 2.37. The first-order valence-electron chi connectivity index (χ1n) is 6.14. The summed E-state index contributed by atoms with van der Waals surface area (Å²) in [6.45, 7) is 6.43. The van der Waals surface area contributed by atoms with Gasteiger partial charge in [-0.1, -0.05) is 12.1 Å². The van der Waals surface area contributed by atoms with Gasteiger partial charge in [-0.05, 0) is 31.5 Å². The van der Waals surface area contributed by atoms with Crippen molar-refractivity contribution in [2.24, 2.45) is 0 Å². The Morgan fingerprint density at radius 1 is 1.33 bits per heavy atom. The lowest BCUT2D eigenvalue weighted by molar-refractivity contribution is 0.103. The molecule has 98 valence electrons. The molecule has 1 atom stereocenters. The first-order valence-corrected chi connectivity index (χ1v) is 6.14. The molecule has 4 nitrogen and oxygen atoms in total. The summed E-state index contributed by atoms with van der Waals surface area (Å²) in [5.41, 5.74) is 1.19. The second-order valence-corrected chi connectivity index (χ2v) is 4.06. The fraction of sp³-hybridized carbons (Fsp3) is 0.500. The summed E-state index contributed by atoms with van der Waals surface area (Å²) in [4.78, 5) is 0. The predicted octanol–water partition coefficient (Wildman–Crippen LogP) is 1.89. The van der Waals surface area contributed by atoms with Gasteiger partial charge in [-0.15, -0.1) is 0 Å². The Labute approximate surface area is 109 Å². The van der Waals surface area contributed by atoms with Gasteiger partial charge in [-0.2, -0.15) is 5.26 Å². The van der Waals surface area contributed by atoms with E-state index < -0.39 is 0 Å². The van der Waals surface area contributed by atoms with Gasteiger partial charge >= 0.3 is 0 Å². The van der Waals surface area contributed by atoms with Crippen molar-refractivity contribution in [3.8, 4) is 11.8 Å². The van der Waals surface area contributed by atoms with E-state index >= 15 is 0 Å². The van der Waals surface area contributed by atoms with Crippen molar-refractivity contribution in [1.29, 1.82) is 5.26 Å². The molecular formula is C14H20N2O2. The van der Waals surface area contributed by atoms with Crippen LogP contribution < -0.4 is 10.1 Å². The molecule has 0 aliphatic heterocycles. The molecule has 0 heterocycles. The lowest BCUT2D eigenvalue weighted by Gasteiger charge is -2.09. The zero-order valence-corrected chi connectivity index (χ0v) is 11.0. The number of nitriles is 1. The molecule has 1 aromatic carbocycles. The Kier molecular flexibility index (Phi) is 6.85. The molecule has 0 amide bonds. The minimum atomic E-state index is -0.338. The quantitative estimate of drug-likeness (QED) is 0.714. The van der Waals surface area contributed by atoms with Gasteiger partial charge in [0.2, 0.25) is 0 Å². The first-order chi connectivity index (χ1) is 8.72. The number of aryl methyl sites for hydroxylation is 1. The summed E-state index contributed by atoms with van der Waals surface area (Å²) in [5.74, 6) is 0.895. The van der Waals surface area contributed by atoms with E-state index in [4.69, 9.17) is 14.7 Å². The van der Waals surface area contributed by atoms with E-state index in [0.29, 0.717) is 13.2 Å². The highest BCUT2D eigenvalue weighted by atomic mass is 16.5. The number of benzene rings is 1. The van der Waals surface area contributed by atoms with Crippen LogP contribution in [0.5, 0.6) is 5.75 Å². The Balaban J connectivity index is 2.01. The highest BCUT2D eigenvalue weighted by molar-refractivity contribution is 5.27. The number of nitrogens with one attached hydrogen (secondary N) is 1. The molecular weight excluding hydrogens is 228 g/mol. The topological polar surface area (TPSA) is 54.3 Å². The SMILES string of the molecule is Cc1cccc(OCCNCCOC(C)C#N)c1. The monoisotopic (exact) mass is 248 g/mol. The summed E-state index contributed by atoms with van der Waals surface area (Å²) in [5, 5.41) is 11.7. The van der Waals surface area contributed by atoms with Crippen LogP contribution in [0.4, 0.5) is 0 Å². The normalized spacial score (nSPS) is 11.8. The van der Waals surface area contributed by atoms with Crippen LogP contribution in [0.15, 0.2) is 24.3 Å². The Bertz CT molecular complexity index is 388. The van der Waals surface area contributed by atoms with Crippen molar-refractivity contribution in [2.75, 3.05) is 26.3 Å². The van der Waals surface area contributed by atoms with Crippen LogP contribution in [0.3, 0.4) is 0 Å². The average molecular weight is 248 g/mol. The third-order valence-electron chi connectivity index (χ3n) is 2.37. The molecule has 0 aliphatic rings. The second kappa shape index (κ2) is 8.51. The lowest BCUT2D eigenvalue weighted by Crippen LogP contribution is -2.26. The predicted molar refractivity (Wildman–Crippen MR) is 70.6 cm³/mol. The van der Waals surface area contributed by atoms with Crippen LogP contribution >= 0.6 is 0 Å². The third kappa shape index (κ3) is 6.24. The molecule has 1 rings (SSSR count). The van der Waals surface area contributed by atoms with Crippen molar-refractivity contribution in [3.05, 3.63) is 29.8 Å². The van der Waals surface area contributed by atoms with Gasteiger partial charge in [0.15, 0.2) is 0 Å². The van der Waals surface area contributed by atoms with Crippen LogP contribution in [0.25, 0.3) is 0 Å². The molecule has 0 radical (unpaired) electrons. The molecule has 4 heteroatoms. The molecule has 0 aromatic heterocycles. The van der Waals surface area contributed by atoms with Gasteiger partial charge in [0.05, 0.1) is 12.7 Å². The van der Waals surface area contributed by atoms with Gasteiger partial charge in [-0.25, -0.2) is 0 Å². The molecule has 0 aliphatic carbocycles. The zero-order valence-electron chi connectivity index (χ0n) is 11.0. The Morgan fingerprint density at radius 2 is 2.11 bits per heavy atom. The van der Waals surface area contributed by atoms with Crippen LogP contribution in [-0.2, 0) is 4.74 Å². The van der Waals surface area contributed by atoms with E-state index in [1.54, 1.807) is 6.92 Å². The minimum Gasteiger partial charge on any atom is -0.492 e. The standard InChI is InChI=1S/C14H20N2O2/c1-12-4-3-5-14(10-12)18-9-7-16-6-8-17-13(2)11-15/h3-5,10,13,16H,6-9H2,1-2H3. The summed E-state index contributed by atoms with van der Waals surface area (Å²) in [6.07, 6.45) is -0.338. The van der Waals surface area contributed by atoms with E-state index in [-0.39, 0.29) is 6.10 Å². The van der Waals surface area contributed by atoms with Gasteiger partial charge in [-0.3, -0.25) is 0 Å². The third-order valence-corrected chi connectivity index (χ3v) is 2.37. The number of rotatable bonds is 8. The molecule has 1 N–H and O–H groups in total. The smallest absolute Gasteiger partial charge is 0.141 e. The fourth-order valence-corrected chi connectivity index (χ4v) is 1.42. The van der Waals surface area contributed by atoms with Gasteiger partial charge in [0.25, 0.3) is 0 Å². The largest absolute Gasteiger partial charge is 0.492 e. The molecule has 0 saturated carbocycles. The highest BCUT2D eigenvalue weighted by Crippen LogP contribution is 2.11. The summed E-state index contributed by atoms with van der Waals surface area (Å²) in [6, 6.07) is 10.0. The Morgan fingerprint density at radius 3 is 2.83 bits per heavy atom. The van der Waals surface area contributed by atoms with Crippen molar-refractivity contribution in [2.45, 2.75) is 20.0 Å². The molecule has 0 spiro atoms. The molecule has 0 fully saturated rings. The maximum Gasteiger partial charge on any atom is 0.141 e. The fourth-order valence-electron chi connectivity index (χ4n) is 1.42. The lowest BCUT2D eigenvalue weighted by atomic mass is 10.2. The molecule has 1 unspecified atom stereocenters. The van der Waals surface area contributed by atoms with Crippen LogP contribution in [0, 0.1) is 18.3 Å². The van der Waals surface area contributed by atoms with E-state index in [2.05, 4.69) is 5.32 Å². The van der Waals surface area contributed by atoms with E-state index in [1.165, 1.54) is 5.56 Å². The first kappa shape index (κ1) is 14.5. The van der Waals surface area contributed by atoms with Gasteiger partial charge in [0, 0.05) is 13.1 Å². The summed E-state index contributed by atoms with van der Waals surface area (Å²) >= 11 is 0. The maximum atomic E-state index is 8.51. The van der Waals surface area contributed by atoms with Crippen LogP contribution in [-0.4, -0.2) is 32.4 Å². The van der Waals surface area contributed by atoms with Crippen molar-refractivity contribution in [1.82, 2.24) is 5.32 Å². The highest BCUT2D eigenvalue weighted by Gasteiger charge is 1.97. The van der Waals surface area contributed by atoms with Gasteiger partial charge < -0.3 is 14.8 Å². The number of nitrogens with zero attached hydrogens (tertiary/aromatic N) is 1. The van der Waals surface area contributed by atoms with E-state index in [9.17, 15) is 0 Å².